The van der Waals surface area contributed by atoms with Gasteiger partial charge in [0.1, 0.15) is 5.75 Å². The molecule has 28 heavy (non-hydrogen) atoms. The van der Waals surface area contributed by atoms with Crippen molar-refractivity contribution >= 4 is 15.9 Å². The molecule has 0 spiro atoms. The predicted octanol–water partition coefficient (Wildman–Crippen LogP) is 2.95. The van der Waals surface area contributed by atoms with Crippen LogP contribution in [0.25, 0.3) is 0 Å². The lowest BCUT2D eigenvalue weighted by molar-refractivity contribution is -0.130. The number of benzene rings is 2. The molecule has 0 heterocycles. The number of nitrogens with one attached hydrogen (secondary N) is 1. The number of carbonyl (C=O) groups excluding carboxylic acids is 1. The summed E-state index contributed by atoms with van der Waals surface area (Å²) in [4.78, 5) is 14.2. The van der Waals surface area contributed by atoms with E-state index in [0.717, 1.165) is 22.4 Å². The molecule has 0 saturated heterocycles. The Morgan fingerprint density at radius 2 is 1.71 bits per heavy atom. The Kier molecular flexibility index (Phi) is 7.21. The highest BCUT2D eigenvalue weighted by atomic mass is 32.2. The van der Waals surface area contributed by atoms with Crippen molar-refractivity contribution in [1.82, 2.24) is 9.62 Å². The summed E-state index contributed by atoms with van der Waals surface area (Å²) in [5.41, 5.74) is 3.54. The van der Waals surface area contributed by atoms with E-state index in [1.807, 2.05) is 38.1 Å². The van der Waals surface area contributed by atoms with E-state index >= 15 is 0 Å². The van der Waals surface area contributed by atoms with Gasteiger partial charge in [-0.05, 0) is 44.0 Å². The number of hydrogen-bond acceptors (Lipinski definition) is 4. The number of aryl methyl sites for hydroxylation is 3. The molecule has 6 nitrogen and oxygen atoms in total. The van der Waals surface area contributed by atoms with E-state index in [0.29, 0.717) is 12.1 Å². The number of carbonyl (C=O) groups is 1. The van der Waals surface area contributed by atoms with Gasteiger partial charge in [-0.1, -0.05) is 29.8 Å². The number of sulfonamides is 1. The minimum absolute atomic E-state index is 0.0455. The summed E-state index contributed by atoms with van der Waals surface area (Å²) in [5, 5.41) is 0. The Labute approximate surface area is 167 Å². The third-order valence-corrected chi connectivity index (χ3v) is 6.14. The average molecular weight is 405 g/mol. The second-order valence-corrected chi connectivity index (χ2v) is 8.72. The molecule has 0 unspecified atom stereocenters. The molecule has 0 aromatic heterocycles. The third kappa shape index (κ3) is 5.56. The van der Waals surface area contributed by atoms with Crippen LogP contribution in [-0.4, -0.2) is 39.9 Å². The Morgan fingerprint density at radius 1 is 1.07 bits per heavy atom. The second-order valence-electron chi connectivity index (χ2n) is 6.98. The van der Waals surface area contributed by atoms with E-state index < -0.39 is 10.0 Å². The van der Waals surface area contributed by atoms with Crippen LogP contribution in [0.2, 0.25) is 0 Å². The van der Waals surface area contributed by atoms with Crippen LogP contribution in [0.4, 0.5) is 0 Å². The highest BCUT2D eigenvalue weighted by Gasteiger charge is 2.18. The molecule has 0 aliphatic rings. The van der Waals surface area contributed by atoms with E-state index in [-0.39, 0.29) is 23.8 Å². The lowest BCUT2D eigenvalue weighted by atomic mass is 10.1. The van der Waals surface area contributed by atoms with Crippen molar-refractivity contribution in [2.45, 2.75) is 38.6 Å². The highest BCUT2D eigenvalue weighted by Crippen LogP contribution is 2.21. The molecule has 2 aromatic rings. The van der Waals surface area contributed by atoms with Crippen LogP contribution >= 0.6 is 0 Å². The summed E-state index contributed by atoms with van der Waals surface area (Å²) in [6.07, 6.45) is 0.0781. The molecule has 0 radical (unpaired) electrons. The zero-order valence-electron chi connectivity index (χ0n) is 17.1. The largest absolute Gasteiger partial charge is 0.496 e. The summed E-state index contributed by atoms with van der Waals surface area (Å²) >= 11 is 0. The van der Waals surface area contributed by atoms with E-state index in [4.69, 9.17) is 4.74 Å². The van der Waals surface area contributed by atoms with Gasteiger partial charge in [0.15, 0.2) is 0 Å². The molecule has 1 amide bonds. The molecule has 7 heteroatoms. The van der Waals surface area contributed by atoms with E-state index in [1.54, 1.807) is 38.1 Å². The molecule has 0 aliphatic carbocycles. The smallest absolute Gasteiger partial charge is 0.240 e. The number of methoxy groups -OCH3 is 1. The Balaban J connectivity index is 1.96. The van der Waals surface area contributed by atoms with Crippen molar-refractivity contribution in [3.63, 3.8) is 0 Å². The first kappa shape index (κ1) is 21.9. The zero-order chi connectivity index (χ0) is 20.9. The van der Waals surface area contributed by atoms with Gasteiger partial charge in [0.05, 0.1) is 12.0 Å². The maximum absolute atomic E-state index is 12.5. The second kappa shape index (κ2) is 9.21. The maximum Gasteiger partial charge on any atom is 0.240 e. The number of ether oxygens (including phenoxy) is 1. The summed E-state index contributed by atoms with van der Waals surface area (Å²) in [7, 11) is -0.358. The first-order valence-corrected chi connectivity index (χ1v) is 10.6. The van der Waals surface area contributed by atoms with Gasteiger partial charge in [-0.3, -0.25) is 4.79 Å². The van der Waals surface area contributed by atoms with Crippen molar-refractivity contribution in [2.75, 3.05) is 20.7 Å². The summed E-state index contributed by atoms with van der Waals surface area (Å²) in [5.74, 6) is 0.577. The van der Waals surface area contributed by atoms with Gasteiger partial charge in [-0.15, -0.1) is 0 Å². The molecule has 0 saturated carbocycles. The molecule has 0 fully saturated rings. The van der Waals surface area contributed by atoms with Crippen molar-refractivity contribution in [2.24, 2.45) is 0 Å². The van der Waals surface area contributed by atoms with Crippen LogP contribution in [0.1, 0.15) is 28.7 Å². The van der Waals surface area contributed by atoms with Crippen molar-refractivity contribution in [3.05, 3.63) is 58.7 Å². The van der Waals surface area contributed by atoms with Crippen LogP contribution in [-0.2, 0) is 21.4 Å². The fourth-order valence-electron chi connectivity index (χ4n) is 2.93. The normalized spacial score (nSPS) is 11.3. The van der Waals surface area contributed by atoms with E-state index in [1.165, 1.54) is 0 Å². The van der Waals surface area contributed by atoms with Crippen LogP contribution in [0.3, 0.4) is 0 Å². The number of rotatable bonds is 8. The first-order chi connectivity index (χ1) is 13.1. The van der Waals surface area contributed by atoms with Gasteiger partial charge < -0.3 is 9.64 Å². The number of amides is 1. The van der Waals surface area contributed by atoms with Crippen LogP contribution in [0, 0.1) is 20.8 Å². The summed E-state index contributed by atoms with van der Waals surface area (Å²) in [6.45, 7) is 6.02. The van der Waals surface area contributed by atoms with Gasteiger partial charge in [0.2, 0.25) is 15.9 Å². The SMILES string of the molecule is COc1ccc(C)cc1CN(C)C(=O)CCNS(=O)(=O)c1cc(C)ccc1C. The number of nitrogens with zero attached hydrogens (tertiary/aromatic N) is 1. The van der Waals surface area contributed by atoms with E-state index in [9.17, 15) is 13.2 Å². The predicted molar refractivity (Wildman–Crippen MR) is 110 cm³/mol. The molecule has 152 valence electrons. The Hall–Kier alpha value is -2.38. The zero-order valence-corrected chi connectivity index (χ0v) is 17.9. The molecule has 2 rings (SSSR count). The molecule has 0 bridgehead atoms. The molecule has 2 aromatic carbocycles. The number of hydrogen-bond donors (Lipinski definition) is 1. The first-order valence-electron chi connectivity index (χ1n) is 9.08. The van der Waals surface area contributed by atoms with Crippen molar-refractivity contribution in [1.29, 1.82) is 0 Å². The Bertz CT molecular complexity index is 955. The molecule has 1 N–H and O–H groups in total. The highest BCUT2D eigenvalue weighted by molar-refractivity contribution is 7.89. The van der Waals surface area contributed by atoms with E-state index in [2.05, 4.69) is 4.72 Å². The monoisotopic (exact) mass is 404 g/mol. The Morgan fingerprint density at radius 3 is 2.39 bits per heavy atom. The van der Waals surface area contributed by atoms with Crippen LogP contribution in [0.15, 0.2) is 41.3 Å². The van der Waals surface area contributed by atoms with Gasteiger partial charge in [0.25, 0.3) is 0 Å². The quantitative estimate of drug-likeness (QED) is 0.734. The molecular weight excluding hydrogens is 376 g/mol. The van der Waals surface area contributed by atoms with Crippen LogP contribution in [0.5, 0.6) is 5.75 Å². The van der Waals surface area contributed by atoms with Gasteiger partial charge >= 0.3 is 0 Å². The fraction of sp³-hybridized carbons (Fsp3) is 0.381. The minimum atomic E-state index is -3.65. The third-order valence-electron chi connectivity index (χ3n) is 4.53. The van der Waals surface area contributed by atoms with Crippen molar-refractivity contribution < 1.29 is 17.9 Å². The summed E-state index contributed by atoms with van der Waals surface area (Å²) in [6, 6.07) is 11.1. The van der Waals surface area contributed by atoms with Gasteiger partial charge in [0, 0.05) is 32.1 Å². The molecule has 0 aliphatic heterocycles. The fourth-order valence-corrected chi connectivity index (χ4v) is 4.29. The van der Waals surface area contributed by atoms with Gasteiger partial charge in [-0.2, -0.15) is 0 Å². The summed E-state index contributed by atoms with van der Waals surface area (Å²) < 4.78 is 32.9. The average Bonchev–Trinajstić information content (AvgIpc) is 2.63. The molecule has 0 atom stereocenters. The topological polar surface area (TPSA) is 75.7 Å². The lowest BCUT2D eigenvalue weighted by Gasteiger charge is -2.19. The van der Waals surface area contributed by atoms with Crippen LogP contribution < -0.4 is 9.46 Å². The van der Waals surface area contributed by atoms with Gasteiger partial charge in [-0.25, -0.2) is 13.1 Å². The lowest BCUT2D eigenvalue weighted by Crippen LogP contribution is -2.32. The van der Waals surface area contributed by atoms with Crippen molar-refractivity contribution in [3.8, 4) is 5.75 Å². The standard InChI is InChI=1S/C21H28N2O4S/c1-15-7-9-19(27-5)18(12-15)14-23(4)21(24)10-11-22-28(25,26)20-13-16(2)6-8-17(20)3/h6-9,12-13,22H,10-11,14H2,1-5H3. The minimum Gasteiger partial charge on any atom is -0.496 e. The maximum atomic E-state index is 12.5. The molecular formula is C21H28N2O4S.